The second-order valence-corrected chi connectivity index (χ2v) is 9.18. The van der Waals surface area contributed by atoms with Gasteiger partial charge in [0, 0.05) is 25.4 Å². The predicted molar refractivity (Wildman–Crippen MR) is 131 cm³/mol. The van der Waals surface area contributed by atoms with Crippen LogP contribution in [0.2, 0.25) is 0 Å². The van der Waals surface area contributed by atoms with Crippen molar-refractivity contribution < 1.29 is 23.9 Å². The molecule has 1 saturated heterocycles. The number of benzene rings is 1. The van der Waals surface area contributed by atoms with Gasteiger partial charge >= 0.3 is 0 Å². The maximum Gasteiger partial charge on any atom is 0.271 e. The van der Waals surface area contributed by atoms with E-state index >= 15 is 0 Å². The van der Waals surface area contributed by atoms with Crippen molar-refractivity contribution in [3.8, 4) is 11.5 Å². The molecule has 0 radical (unpaired) electrons. The van der Waals surface area contributed by atoms with Crippen molar-refractivity contribution in [3.05, 3.63) is 58.8 Å². The number of carbonyl (C=O) groups excluding carboxylic acids is 3. The Morgan fingerprint density at radius 3 is 2.82 bits per heavy atom. The number of rotatable bonds is 8. The third kappa shape index (κ3) is 5.91. The summed E-state index contributed by atoms with van der Waals surface area (Å²) in [4.78, 5) is 42.6. The molecule has 3 heterocycles. The molecule has 0 atom stereocenters. The number of carbonyl (C=O) groups is 3. The van der Waals surface area contributed by atoms with Crippen molar-refractivity contribution in [1.82, 2.24) is 20.7 Å². The van der Waals surface area contributed by atoms with Gasteiger partial charge in [-0.25, -0.2) is 0 Å². The molecule has 1 aromatic heterocycles. The average Bonchev–Trinajstić information content (AvgIpc) is 3.42. The number of unbranched alkanes of at least 4 members (excludes halogenated alkanes) is 2. The highest BCUT2D eigenvalue weighted by Crippen LogP contribution is 2.36. The second kappa shape index (κ2) is 11.1. The van der Waals surface area contributed by atoms with Gasteiger partial charge in [0.2, 0.25) is 12.7 Å². The summed E-state index contributed by atoms with van der Waals surface area (Å²) in [7, 11) is 0. The second-order valence-electron chi connectivity index (χ2n) is 7.50. The summed E-state index contributed by atoms with van der Waals surface area (Å²) in [5, 5.41) is 0. The zero-order valence-electron chi connectivity index (χ0n) is 18.1. The molecule has 2 aromatic rings. The quantitative estimate of drug-likeness (QED) is 0.247. The fourth-order valence-corrected chi connectivity index (χ4v) is 4.65. The van der Waals surface area contributed by atoms with E-state index < -0.39 is 5.91 Å². The normalized spacial score (nSPS) is 15.6. The van der Waals surface area contributed by atoms with Gasteiger partial charge in [0.25, 0.3) is 11.8 Å². The first-order chi connectivity index (χ1) is 16.5. The van der Waals surface area contributed by atoms with Crippen LogP contribution in [0, 0.1) is 0 Å². The van der Waals surface area contributed by atoms with Crippen LogP contribution in [-0.4, -0.2) is 45.3 Å². The molecule has 9 nitrogen and oxygen atoms in total. The monoisotopic (exact) mass is 498 g/mol. The third-order valence-electron chi connectivity index (χ3n) is 5.09. The van der Waals surface area contributed by atoms with Crippen molar-refractivity contribution in [2.24, 2.45) is 0 Å². The first-order valence-corrected chi connectivity index (χ1v) is 11.9. The molecular formula is C23H22N4O5S2. The number of thiocarbonyl (C=S) groups is 1. The molecule has 0 saturated carbocycles. The molecule has 2 aliphatic rings. The van der Waals surface area contributed by atoms with Crippen LogP contribution in [0.1, 0.15) is 41.6 Å². The Balaban J connectivity index is 1.17. The third-order valence-corrected chi connectivity index (χ3v) is 6.47. The van der Waals surface area contributed by atoms with E-state index in [0.717, 1.165) is 12.0 Å². The first-order valence-electron chi connectivity index (χ1n) is 10.7. The predicted octanol–water partition coefficient (Wildman–Crippen LogP) is 3.03. The summed E-state index contributed by atoms with van der Waals surface area (Å²) in [6, 6.07) is 8.76. The van der Waals surface area contributed by atoms with E-state index in [9.17, 15) is 14.4 Å². The molecule has 0 bridgehead atoms. The fourth-order valence-electron chi connectivity index (χ4n) is 3.34. The molecule has 1 aromatic carbocycles. The number of hydrazine groups is 1. The van der Waals surface area contributed by atoms with E-state index in [1.165, 1.54) is 18.0 Å². The van der Waals surface area contributed by atoms with Gasteiger partial charge in [-0.3, -0.25) is 35.1 Å². The lowest BCUT2D eigenvalue weighted by Gasteiger charge is -2.14. The standard InChI is InChI=1S/C23H22N4O5S2/c28-20(25-26-21(29)16-5-4-9-24-13-16)6-2-1-3-10-27-22(30)19(34-23(27)33)12-15-7-8-17-18(11-15)32-14-31-17/h4-5,7-9,11-13H,1-3,6,10,14H2,(H,25,28)(H,26,29)/b19-12-. The van der Waals surface area contributed by atoms with Gasteiger partial charge in [-0.1, -0.05) is 36.5 Å². The SMILES string of the molecule is O=C(CCCCCN1C(=O)/C(=C/c2ccc3c(c2)OCO3)SC1=S)NNC(=O)c1cccnc1. The number of ether oxygens (including phenoxy) is 2. The molecule has 3 amide bonds. The summed E-state index contributed by atoms with van der Waals surface area (Å²) >= 11 is 6.66. The maximum atomic E-state index is 12.8. The lowest BCUT2D eigenvalue weighted by atomic mass is 10.1. The highest BCUT2D eigenvalue weighted by molar-refractivity contribution is 8.26. The van der Waals surface area contributed by atoms with Crippen LogP contribution in [0.25, 0.3) is 6.08 Å². The van der Waals surface area contributed by atoms with Gasteiger partial charge in [-0.2, -0.15) is 0 Å². The number of amides is 3. The molecular weight excluding hydrogens is 476 g/mol. The molecule has 4 rings (SSSR count). The lowest BCUT2D eigenvalue weighted by Crippen LogP contribution is -2.41. The van der Waals surface area contributed by atoms with Gasteiger partial charge in [0.05, 0.1) is 10.5 Å². The summed E-state index contributed by atoms with van der Waals surface area (Å²) in [6.45, 7) is 0.686. The number of hydrogen-bond donors (Lipinski definition) is 2. The zero-order valence-corrected chi connectivity index (χ0v) is 19.7. The Kier molecular flexibility index (Phi) is 7.76. The molecule has 176 valence electrons. The van der Waals surface area contributed by atoms with Crippen LogP contribution < -0.4 is 20.3 Å². The van der Waals surface area contributed by atoms with Crippen LogP contribution in [0.3, 0.4) is 0 Å². The van der Waals surface area contributed by atoms with Gasteiger partial charge in [0.15, 0.2) is 11.5 Å². The van der Waals surface area contributed by atoms with Crippen molar-refractivity contribution >= 4 is 52.1 Å². The Labute approximate surface area is 205 Å². The van der Waals surface area contributed by atoms with Crippen molar-refractivity contribution in [3.63, 3.8) is 0 Å². The molecule has 2 aliphatic heterocycles. The summed E-state index contributed by atoms with van der Waals surface area (Å²) in [6.07, 6.45) is 7.10. The van der Waals surface area contributed by atoms with Gasteiger partial charge < -0.3 is 9.47 Å². The number of fused-ring (bicyclic) bond motifs is 1. The number of nitrogens with zero attached hydrogens (tertiary/aromatic N) is 2. The number of aromatic nitrogens is 1. The maximum absolute atomic E-state index is 12.8. The smallest absolute Gasteiger partial charge is 0.271 e. The first kappa shape index (κ1) is 23.7. The summed E-state index contributed by atoms with van der Waals surface area (Å²) in [5.41, 5.74) is 5.95. The Morgan fingerprint density at radius 1 is 1.15 bits per heavy atom. The minimum Gasteiger partial charge on any atom is -0.454 e. The molecule has 0 unspecified atom stereocenters. The average molecular weight is 499 g/mol. The number of thioether (sulfide) groups is 1. The zero-order chi connectivity index (χ0) is 23.9. The summed E-state index contributed by atoms with van der Waals surface area (Å²) in [5.74, 6) is 0.516. The number of nitrogens with one attached hydrogen (secondary N) is 2. The van der Waals surface area contributed by atoms with E-state index in [-0.39, 0.29) is 25.0 Å². The largest absolute Gasteiger partial charge is 0.454 e. The van der Waals surface area contributed by atoms with E-state index in [0.29, 0.717) is 45.7 Å². The lowest BCUT2D eigenvalue weighted by molar-refractivity contribution is -0.123. The van der Waals surface area contributed by atoms with E-state index in [1.54, 1.807) is 29.3 Å². The van der Waals surface area contributed by atoms with E-state index in [1.807, 2.05) is 18.2 Å². The van der Waals surface area contributed by atoms with Crippen molar-refractivity contribution in [2.75, 3.05) is 13.3 Å². The molecule has 11 heteroatoms. The Morgan fingerprint density at radius 2 is 2.00 bits per heavy atom. The van der Waals surface area contributed by atoms with Gasteiger partial charge in [-0.15, -0.1) is 0 Å². The minimum absolute atomic E-state index is 0.122. The molecule has 34 heavy (non-hydrogen) atoms. The van der Waals surface area contributed by atoms with Crippen LogP contribution in [0.5, 0.6) is 11.5 Å². The molecule has 0 spiro atoms. The van der Waals surface area contributed by atoms with Crippen molar-refractivity contribution in [2.45, 2.75) is 25.7 Å². The van der Waals surface area contributed by atoms with Crippen LogP contribution in [-0.2, 0) is 9.59 Å². The molecule has 2 N–H and O–H groups in total. The number of pyridine rings is 1. The number of hydrogen-bond acceptors (Lipinski definition) is 8. The van der Waals surface area contributed by atoms with Crippen molar-refractivity contribution in [1.29, 1.82) is 0 Å². The molecule has 1 fully saturated rings. The topological polar surface area (TPSA) is 110 Å². The Bertz CT molecular complexity index is 1140. The Hall–Kier alpha value is -3.44. The highest BCUT2D eigenvalue weighted by Gasteiger charge is 2.31. The fraction of sp³-hybridized carbons (Fsp3) is 0.261. The summed E-state index contributed by atoms with van der Waals surface area (Å²) < 4.78 is 11.2. The van der Waals surface area contributed by atoms with Crippen LogP contribution in [0.15, 0.2) is 47.6 Å². The molecule has 0 aliphatic carbocycles. The van der Waals surface area contributed by atoms with Crippen LogP contribution >= 0.6 is 24.0 Å². The van der Waals surface area contributed by atoms with Gasteiger partial charge in [0.1, 0.15) is 4.32 Å². The highest BCUT2D eigenvalue weighted by atomic mass is 32.2. The van der Waals surface area contributed by atoms with E-state index in [2.05, 4.69) is 15.8 Å². The van der Waals surface area contributed by atoms with Gasteiger partial charge in [-0.05, 0) is 48.7 Å². The van der Waals surface area contributed by atoms with Crippen LogP contribution in [0.4, 0.5) is 0 Å². The van der Waals surface area contributed by atoms with E-state index in [4.69, 9.17) is 21.7 Å². The minimum atomic E-state index is -0.426.